The summed E-state index contributed by atoms with van der Waals surface area (Å²) in [5.41, 5.74) is -1.00. The van der Waals surface area contributed by atoms with Crippen LogP contribution in [0, 0.1) is 17.3 Å². The number of hydrogen-bond acceptors (Lipinski definition) is 6. The number of ether oxygens (including phenoxy) is 1. The van der Waals surface area contributed by atoms with E-state index in [0.717, 1.165) is 17.7 Å². The van der Waals surface area contributed by atoms with Crippen LogP contribution >= 0.6 is 0 Å². The van der Waals surface area contributed by atoms with Crippen LogP contribution in [0.5, 0.6) is 0 Å². The molecule has 2 unspecified atom stereocenters. The number of rotatable bonds is 9. The predicted octanol–water partition coefficient (Wildman–Crippen LogP) is -0.0383. The largest absolute Gasteiger partial charge is 0.389 e. The molecule has 2 aliphatic heterocycles. The van der Waals surface area contributed by atoms with Crippen molar-refractivity contribution < 1.29 is 29.0 Å². The summed E-state index contributed by atoms with van der Waals surface area (Å²) in [5.74, 6) is -1.88. The average molecular weight is 424 g/mol. The quantitative estimate of drug-likeness (QED) is 0.447. The monoisotopic (exact) mass is 423 g/mol. The molecule has 3 rings (SSSR count). The lowest BCUT2D eigenvalue weighted by molar-refractivity contribution is -0.143. The molecular formula is C21H33N3O6. The van der Waals surface area contributed by atoms with Gasteiger partial charge < -0.3 is 20.5 Å². The molecule has 9 heteroatoms. The first-order valence-electron chi connectivity index (χ1n) is 10.8. The molecule has 0 aromatic heterocycles. The van der Waals surface area contributed by atoms with Crippen LogP contribution < -0.4 is 10.6 Å². The molecule has 2 atom stereocenters. The second-order valence-electron chi connectivity index (χ2n) is 9.23. The van der Waals surface area contributed by atoms with Crippen LogP contribution in [-0.2, 0) is 23.9 Å². The van der Waals surface area contributed by atoms with Crippen LogP contribution in [0.15, 0.2) is 0 Å². The van der Waals surface area contributed by atoms with Gasteiger partial charge >= 0.3 is 0 Å². The minimum Gasteiger partial charge on any atom is -0.389 e. The standard InChI is InChI=1S/C21H33N3O6/c1-14-15(2)19(28)24(18(14)27)12-17(26)22-8-5-20(3-4-20)13-23-16(25)11-21(29)6-9-30-10-7-21/h14-15,29H,3-13H2,1-2H3,(H,22,26)(H,23,25). The molecule has 0 bridgehead atoms. The van der Waals surface area contributed by atoms with Gasteiger partial charge in [-0.2, -0.15) is 0 Å². The number of nitrogens with one attached hydrogen (secondary N) is 2. The Kier molecular flexibility index (Phi) is 6.81. The predicted molar refractivity (Wildman–Crippen MR) is 107 cm³/mol. The van der Waals surface area contributed by atoms with E-state index in [9.17, 15) is 24.3 Å². The fourth-order valence-electron chi connectivity index (χ4n) is 4.12. The van der Waals surface area contributed by atoms with Gasteiger partial charge in [-0.15, -0.1) is 0 Å². The van der Waals surface area contributed by atoms with Gasteiger partial charge in [0, 0.05) is 51.0 Å². The zero-order valence-corrected chi connectivity index (χ0v) is 17.9. The molecule has 2 heterocycles. The summed E-state index contributed by atoms with van der Waals surface area (Å²) in [7, 11) is 0. The fraction of sp³-hybridized carbons (Fsp3) is 0.810. The Balaban J connectivity index is 1.35. The molecule has 0 aromatic carbocycles. The number of hydrogen-bond donors (Lipinski definition) is 3. The Labute approximate surface area is 176 Å². The zero-order valence-electron chi connectivity index (χ0n) is 17.9. The Morgan fingerprint density at radius 1 is 1.03 bits per heavy atom. The summed E-state index contributed by atoms with van der Waals surface area (Å²) in [6.07, 6.45) is 3.68. The van der Waals surface area contributed by atoms with Gasteiger partial charge in [-0.1, -0.05) is 13.8 Å². The van der Waals surface area contributed by atoms with E-state index < -0.39 is 5.60 Å². The molecule has 3 fully saturated rings. The minimum atomic E-state index is -0.980. The first-order valence-corrected chi connectivity index (χ1v) is 10.8. The van der Waals surface area contributed by atoms with Gasteiger partial charge in [-0.3, -0.25) is 24.1 Å². The van der Waals surface area contributed by atoms with Crippen LogP contribution in [-0.4, -0.2) is 72.1 Å². The van der Waals surface area contributed by atoms with Crippen LogP contribution in [0.3, 0.4) is 0 Å². The third-order valence-electron chi connectivity index (χ3n) is 6.87. The van der Waals surface area contributed by atoms with E-state index in [0.29, 0.717) is 45.6 Å². The summed E-state index contributed by atoms with van der Waals surface area (Å²) in [4.78, 5) is 49.6. The molecule has 1 saturated carbocycles. The molecule has 30 heavy (non-hydrogen) atoms. The van der Waals surface area contributed by atoms with E-state index >= 15 is 0 Å². The van der Waals surface area contributed by atoms with E-state index in [4.69, 9.17) is 4.74 Å². The second-order valence-corrected chi connectivity index (χ2v) is 9.23. The van der Waals surface area contributed by atoms with Crippen molar-refractivity contribution >= 4 is 23.6 Å². The summed E-state index contributed by atoms with van der Waals surface area (Å²) in [6.45, 7) is 5.06. The van der Waals surface area contributed by atoms with Gasteiger partial charge in [0.25, 0.3) is 0 Å². The van der Waals surface area contributed by atoms with Crippen molar-refractivity contribution in [3.8, 4) is 0 Å². The smallest absolute Gasteiger partial charge is 0.240 e. The zero-order chi connectivity index (χ0) is 21.9. The molecule has 0 spiro atoms. The summed E-state index contributed by atoms with van der Waals surface area (Å²) in [5, 5.41) is 16.1. The summed E-state index contributed by atoms with van der Waals surface area (Å²) < 4.78 is 5.23. The average Bonchev–Trinajstić information content (AvgIpc) is 3.45. The molecule has 3 N–H and O–H groups in total. The molecule has 1 aliphatic carbocycles. The SMILES string of the molecule is CC1C(=O)N(CC(=O)NCCC2(CNC(=O)CC3(O)CCOCC3)CC2)C(=O)C1C. The van der Waals surface area contributed by atoms with Crippen molar-refractivity contribution in [1.82, 2.24) is 15.5 Å². The Hall–Kier alpha value is -2.00. The number of aliphatic hydroxyl groups is 1. The van der Waals surface area contributed by atoms with E-state index in [2.05, 4.69) is 10.6 Å². The molecule has 0 aromatic rings. The Bertz CT molecular complexity index is 679. The lowest BCUT2D eigenvalue weighted by Crippen LogP contribution is -2.43. The first kappa shape index (κ1) is 22.7. The van der Waals surface area contributed by atoms with Gasteiger partial charge in [0.15, 0.2) is 0 Å². The van der Waals surface area contributed by atoms with Crippen LogP contribution in [0.1, 0.15) is 52.4 Å². The highest BCUT2D eigenvalue weighted by Crippen LogP contribution is 2.48. The molecule has 4 amide bonds. The molecule has 3 aliphatic rings. The normalized spacial score (nSPS) is 27.1. The maximum absolute atomic E-state index is 12.2. The molecule has 168 valence electrons. The van der Waals surface area contributed by atoms with E-state index in [-0.39, 0.29) is 53.8 Å². The topological polar surface area (TPSA) is 125 Å². The summed E-state index contributed by atoms with van der Waals surface area (Å²) >= 11 is 0. The molecular weight excluding hydrogens is 390 g/mol. The first-order chi connectivity index (χ1) is 14.1. The number of carbonyl (C=O) groups is 4. The van der Waals surface area contributed by atoms with Crippen LogP contribution in [0.4, 0.5) is 0 Å². The maximum atomic E-state index is 12.2. The third-order valence-corrected chi connectivity index (χ3v) is 6.87. The van der Waals surface area contributed by atoms with Crippen LogP contribution in [0.2, 0.25) is 0 Å². The van der Waals surface area contributed by atoms with Gasteiger partial charge in [-0.25, -0.2) is 0 Å². The number of amides is 4. The number of likely N-dealkylation sites (tertiary alicyclic amines) is 1. The van der Waals surface area contributed by atoms with Crippen molar-refractivity contribution in [2.45, 2.75) is 58.0 Å². The van der Waals surface area contributed by atoms with Crippen molar-refractivity contribution in [2.24, 2.45) is 17.3 Å². The number of nitrogens with zero attached hydrogens (tertiary/aromatic N) is 1. The van der Waals surface area contributed by atoms with Crippen molar-refractivity contribution in [3.05, 3.63) is 0 Å². The third kappa shape index (κ3) is 5.37. The molecule has 9 nitrogen and oxygen atoms in total. The van der Waals surface area contributed by atoms with Crippen LogP contribution in [0.25, 0.3) is 0 Å². The van der Waals surface area contributed by atoms with Crippen molar-refractivity contribution in [1.29, 1.82) is 0 Å². The highest BCUT2D eigenvalue weighted by atomic mass is 16.5. The fourth-order valence-corrected chi connectivity index (χ4v) is 4.12. The van der Waals surface area contributed by atoms with Gasteiger partial charge in [0.05, 0.1) is 12.0 Å². The highest BCUT2D eigenvalue weighted by Gasteiger charge is 2.44. The van der Waals surface area contributed by atoms with E-state index in [1.165, 1.54) is 0 Å². The minimum absolute atomic E-state index is 0.0243. The Morgan fingerprint density at radius 3 is 2.20 bits per heavy atom. The number of carbonyl (C=O) groups excluding carboxylic acids is 4. The lowest BCUT2D eigenvalue weighted by Gasteiger charge is -2.31. The number of imide groups is 1. The Morgan fingerprint density at radius 2 is 1.63 bits per heavy atom. The van der Waals surface area contributed by atoms with Gasteiger partial charge in [0.1, 0.15) is 6.54 Å². The lowest BCUT2D eigenvalue weighted by atomic mass is 9.90. The van der Waals surface area contributed by atoms with Gasteiger partial charge in [-0.05, 0) is 24.7 Å². The van der Waals surface area contributed by atoms with Crippen molar-refractivity contribution in [2.75, 3.05) is 32.8 Å². The highest BCUT2D eigenvalue weighted by molar-refractivity contribution is 6.06. The molecule has 2 saturated heterocycles. The maximum Gasteiger partial charge on any atom is 0.240 e. The van der Waals surface area contributed by atoms with E-state index in [1.54, 1.807) is 13.8 Å². The van der Waals surface area contributed by atoms with Crippen molar-refractivity contribution in [3.63, 3.8) is 0 Å². The van der Waals surface area contributed by atoms with E-state index in [1.807, 2.05) is 0 Å². The summed E-state index contributed by atoms with van der Waals surface area (Å²) in [6, 6.07) is 0. The molecule has 0 radical (unpaired) electrons. The second kappa shape index (κ2) is 9.01. The van der Waals surface area contributed by atoms with Gasteiger partial charge in [0.2, 0.25) is 23.6 Å².